The first-order valence-corrected chi connectivity index (χ1v) is 5.98. The molecule has 1 fully saturated rings. The first-order valence-electron chi connectivity index (χ1n) is 5.98. The Labute approximate surface area is 114 Å². The maximum Gasteiger partial charge on any atom is 0.313 e. The Morgan fingerprint density at radius 3 is 2.65 bits per heavy atom. The van der Waals surface area contributed by atoms with E-state index < -0.39 is 29.1 Å². The van der Waals surface area contributed by atoms with E-state index in [1.807, 2.05) is 0 Å². The number of amides is 1. The van der Waals surface area contributed by atoms with E-state index in [-0.39, 0.29) is 24.5 Å². The van der Waals surface area contributed by atoms with Crippen molar-refractivity contribution in [2.24, 2.45) is 5.41 Å². The average Bonchev–Trinajstić information content (AvgIpc) is 2.75. The number of rotatable bonds is 3. The van der Waals surface area contributed by atoms with Crippen LogP contribution in [0.15, 0.2) is 18.2 Å². The van der Waals surface area contributed by atoms with E-state index >= 15 is 0 Å². The standard InChI is InChI=1S/C13H15NO6/c1-13(12(18)19)6-20-5-10(13)14-11(17)7-2-3-8(15)9(16)4-7/h2-4,10,15-16H,5-6H2,1H3,(H,14,17)(H,18,19). The molecule has 2 unspecified atom stereocenters. The van der Waals surface area contributed by atoms with Crippen LogP contribution in [0.2, 0.25) is 0 Å². The number of aliphatic carboxylic acids is 1. The van der Waals surface area contributed by atoms with Crippen LogP contribution in [0.25, 0.3) is 0 Å². The number of aromatic hydroxyl groups is 2. The summed E-state index contributed by atoms with van der Waals surface area (Å²) in [5.41, 5.74) is -1.06. The fraction of sp³-hybridized carbons (Fsp3) is 0.385. The van der Waals surface area contributed by atoms with E-state index in [4.69, 9.17) is 4.74 Å². The van der Waals surface area contributed by atoms with E-state index in [0.717, 1.165) is 6.07 Å². The van der Waals surface area contributed by atoms with Crippen LogP contribution < -0.4 is 5.32 Å². The highest BCUT2D eigenvalue weighted by atomic mass is 16.5. The molecular weight excluding hydrogens is 266 g/mol. The van der Waals surface area contributed by atoms with Gasteiger partial charge < -0.3 is 25.4 Å². The van der Waals surface area contributed by atoms with E-state index in [9.17, 15) is 24.9 Å². The molecule has 1 heterocycles. The molecule has 20 heavy (non-hydrogen) atoms. The van der Waals surface area contributed by atoms with Gasteiger partial charge in [-0.2, -0.15) is 0 Å². The Kier molecular flexibility index (Phi) is 3.54. The van der Waals surface area contributed by atoms with Gasteiger partial charge in [0.2, 0.25) is 0 Å². The monoisotopic (exact) mass is 281 g/mol. The number of carbonyl (C=O) groups excluding carboxylic acids is 1. The molecule has 1 aromatic rings. The summed E-state index contributed by atoms with van der Waals surface area (Å²) in [5, 5.41) is 30.3. The van der Waals surface area contributed by atoms with Crippen LogP contribution in [0.5, 0.6) is 11.5 Å². The lowest BCUT2D eigenvalue weighted by Crippen LogP contribution is -2.49. The Morgan fingerprint density at radius 2 is 2.05 bits per heavy atom. The number of hydrogen-bond donors (Lipinski definition) is 4. The number of carbonyl (C=O) groups is 2. The minimum atomic E-state index is -1.19. The normalized spacial score (nSPS) is 25.4. The Balaban J connectivity index is 2.15. The van der Waals surface area contributed by atoms with Crippen molar-refractivity contribution in [1.82, 2.24) is 5.32 Å². The molecule has 0 radical (unpaired) electrons. The molecule has 0 aromatic heterocycles. The Bertz CT molecular complexity index is 558. The molecule has 108 valence electrons. The number of nitrogens with one attached hydrogen (secondary N) is 1. The maximum atomic E-state index is 12.0. The SMILES string of the molecule is CC1(C(=O)O)COCC1NC(=O)c1ccc(O)c(O)c1. The van der Waals surface area contributed by atoms with Gasteiger partial charge in [-0.1, -0.05) is 0 Å². The average molecular weight is 281 g/mol. The minimum absolute atomic E-state index is 0.0219. The van der Waals surface area contributed by atoms with E-state index in [1.54, 1.807) is 0 Å². The number of hydrogen-bond acceptors (Lipinski definition) is 5. The molecule has 1 aliphatic rings. The van der Waals surface area contributed by atoms with E-state index in [0.29, 0.717) is 0 Å². The number of carboxylic acid groups (broad SMARTS) is 1. The number of ether oxygens (including phenoxy) is 1. The molecule has 0 bridgehead atoms. The van der Waals surface area contributed by atoms with Gasteiger partial charge in [0.15, 0.2) is 11.5 Å². The molecule has 4 N–H and O–H groups in total. The van der Waals surface area contributed by atoms with Gasteiger partial charge in [0, 0.05) is 5.56 Å². The lowest BCUT2D eigenvalue weighted by Gasteiger charge is -2.25. The smallest absolute Gasteiger partial charge is 0.313 e. The Hall–Kier alpha value is -2.28. The molecule has 1 saturated heterocycles. The van der Waals surface area contributed by atoms with Crippen LogP contribution in [-0.2, 0) is 9.53 Å². The zero-order chi connectivity index (χ0) is 14.9. The van der Waals surface area contributed by atoms with Crippen molar-refractivity contribution in [3.8, 4) is 11.5 Å². The third-order valence-electron chi connectivity index (χ3n) is 3.49. The summed E-state index contributed by atoms with van der Waals surface area (Å²) in [7, 11) is 0. The third-order valence-corrected chi connectivity index (χ3v) is 3.49. The van der Waals surface area contributed by atoms with Crippen molar-refractivity contribution >= 4 is 11.9 Å². The molecular formula is C13H15NO6. The number of benzene rings is 1. The van der Waals surface area contributed by atoms with Gasteiger partial charge in [-0.15, -0.1) is 0 Å². The highest BCUT2D eigenvalue weighted by molar-refractivity contribution is 5.95. The van der Waals surface area contributed by atoms with Gasteiger partial charge in [-0.25, -0.2) is 0 Å². The number of carboxylic acids is 1. The summed E-state index contributed by atoms with van der Waals surface area (Å²) in [6, 6.07) is 2.96. The summed E-state index contributed by atoms with van der Waals surface area (Å²) < 4.78 is 5.13. The van der Waals surface area contributed by atoms with Crippen molar-refractivity contribution < 1.29 is 29.6 Å². The van der Waals surface area contributed by atoms with Crippen LogP contribution in [0.4, 0.5) is 0 Å². The highest BCUT2D eigenvalue weighted by Gasteiger charge is 2.47. The highest BCUT2D eigenvalue weighted by Crippen LogP contribution is 2.29. The molecule has 1 aromatic carbocycles. The van der Waals surface area contributed by atoms with Crippen LogP contribution >= 0.6 is 0 Å². The second-order valence-electron chi connectivity index (χ2n) is 4.97. The van der Waals surface area contributed by atoms with Crippen LogP contribution in [0.3, 0.4) is 0 Å². The number of phenols is 2. The molecule has 1 amide bonds. The summed E-state index contributed by atoms with van der Waals surface area (Å²) in [6.07, 6.45) is 0. The van der Waals surface area contributed by atoms with Gasteiger partial charge in [0.05, 0.1) is 19.3 Å². The van der Waals surface area contributed by atoms with Gasteiger partial charge >= 0.3 is 5.97 Å². The van der Waals surface area contributed by atoms with Crippen LogP contribution in [0, 0.1) is 5.41 Å². The van der Waals surface area contributed by atoms with E-state index in [1.165, 1.54) is 19.1 Å². The number of phenolic OH excluding ortho intramolecular Hbond substituents is 2. The summed E-state index contributed by atoms with van der Waals surface area (Å²) in [4.78, 5) is 23.3. The molecule has 0 aliphatic carbocycles. The molecule has 2 atom stereocenters. The molecule has 1 aliphatic heterocycles. The molecule has 0 spiro atoms. The lowest BCUT2D eigenvalue weighted by molar-refractivity contribution is -0.148. The quantitative estimate of drug-likeness (QED) is 0.593. The zero-order valence-electron chi connectivity index (χ0n) is 10.8. The van der Waals surface area contributed by atoms with Gasteiger partial charge in [0.1, 0.15) is 5.41 Å². The second kappa shape index (κ2) is 5.01. The third kappa shape index (κ3) is 2.39. The van der Waals surface area contributed by atoms with Crippen molar-refractivity contribution in [2.75, 3.05) is 13.2 Å². The van der Waals surface area contributed by atoms with Crippen molar-refractivity contribution in [2.45, 2.75) is 13.0 Å². The second-order valence-corrected chi connectivity index (χ2v) is 4.97. The predicted octanol–water partition coefficient (Wildman–Crippen LogP) is 0.317. The first kappa shape index (κ1) is 14.1. The van der Waals surface area contributed by atoms with Gasteiger partial charge in [-0.05, 0) is 25.1 Å². The Morgan fingerprint density at radius 1 is 1.35 bits per heavy atom. The van der Waals surface area contributed by atoms with Crippen LogP contribution in [-0.4, -0.2) is 46.5 Å². The van der Waals surface area contributed by atoms with Crippen molar-refractivity contribution in [1.29, 1.82) is 0 Å². The molecule has 2 rings (SSSR count). The predicted molar refractivity (Wildman–Crippen MR) is 67.6 cm³/mol. The largest absolute Gasteiger partial charge is 0.504 e. The van der Waals surface area contributed by atoms with Crippen molar-refractivity contribution in [3.63, 3.8) is 0 Å². The topological polar surface area (TPSA) is 116 Å². The van der Waals surface area contributed by atoms with Gasteiger partial charge in [0.25, 0.3) is 5.91 Å². The molecule has 7 heteroatoms. The molecule has 0 saturated carbocycles. The first-order chi connectivity index (χ1) is 9.34. The fourth-order valence-electron chi connectivity index (χ4n) is 1.99. The maximum absolute atomic E-state index is 12.0. The summed E-state index contributed by atoms with van der Waals surface area (Å²) in [6.45, 7) is 1.63. The van der Waals surface area contributed by atoms with E-state index in [2.05, 4.69) is 5.32 Å². The summed E-state index contributed by atoms with van der Waals surface area (Å²) >= 11 is 0. The van der Waals surface area contributed by atoms with Gasteiger partial charge in [-0.3, -0.25) is 9.59 Å². The zero-order valence-corrected chi connectivity index (χ0v) is 10.8. The fourth-order valence-corrected chi connectivity index (χ4v) is 1.99. The van der Waals surface area contributed by atoms with Crippen LogP contribution in [0.1, 0.15) is 17.3 Å². The lowest BCUT2D eigenvalue weighted by atomic mass is 9.85. The molecule has 7 nitrogen and oxygen atoms in total. The summed E-state index contributed by atoms with van der Waals surface area (Å²) in [5.74, 6) is -2.33. The van der Waals surface area contributed by atoms with Crippen molar-refractivity contribution in [3.05, 3.63) is 23.8 Å². The minimum Gasteiger partial charge on any atom is -0.504 e.